The summed E-state index contributed by atoms with van der Waals surface area (Å²) in [5.74, 6) is -5.06. The Bertz CT molecular complexity index is 2990. The van der Waals surface area contributed by atoms with Crippen molar-refractivity contribution in [3.63, 3.8) is 0 Å². The molecule has 5 aliphatic rings. The van der Waals surface area contributed by atoms with E-state index in [2.05, 4.69) is 38.0 Å². The second-order valence-corrected chi connectivity index (χ2v) is 24.8. The van der Waals surface area contributed by atoms with Gasteiger partial charge in [0.05, 0.1) is 67.3 Å². The summed E-state index contributed by atoms with van der Waals surface area (Å²) in [5.41, 5.74) is 5.33. The van der Waals surface area contributed by atoms with Crippen molar-refractivity contribution >= 4 is 64.7 Å². The number of nitrogens with zero attached hydrogens (tertiary/aromatic N) is 5. The van der Waals surface area contributed by atoms with Crippen molar-refractivity contribution in [2.24, 2.45) is 60.3 Å². The number of methoxy groups -OCH3 is 6. The number of esters is 7. The first-order valence-corrected chi connectivity index (χ1v) is 29.7. The van der Waals surface area contributed by atoms with Crippen molar-refractivity contribution in [3.05, 3.63) is 57.1 Å². The third kappa shape index (κ3) is 14.1. The van der Waals surface area contributed by atoms with Gasteiger partial charge >= 0.3 is 47.5 Å². The summed E-state index contributed by atoms with van der Waals surface area (Å²) >= 11 is 0. The quantitative estimate of drug-likeness (QED) is 0.0478. The molecule has 0 radical (unpaired) electrons. The number of ether oxygens (including phenoxy) is 7. The van der Waals surface area contributed by atoms with E-state index in [9.17, 15) is 38.4 Å². The van der Waals surface area contributed by atoms with Crippen molar-refractivity contribution in [2.45, 2.75) is 183 Å². The van der Waals surface area contributed by atoms with E-state index in [1.165, 1.54) is 47.2 Å². The van der Waals surface area contributed by atoms with Gasteiger partial charge in [0.15, 0.2) is 0 Å². The molecule has 6 rings (SSSR count). The number of fused-ring (bicyclic) bond motifs is 6. The second-order valence-electron chi connectivity index (χ2n) is 24.8. The summed E-state index contributed by atoms with van der Waals surface area (Å²) in [5, 5.41) is 3.83. The van der Waals surface area contributed by atoms with Gasteiger partial charge in [0.25, 0.3) is 0 Å². The Morgan fingerprint density at radius 3 is 1.74 bits per heavy atom. The molecule has 468 valence electrons. The maximum absolute atomic E-state index is 14.7. The van der Waals surface area contributed by atoms with E-state index in [0.29, 0.717) is 71.2 Å². The number of anilines is 1. The van der Waals surface area contributed by atoms with E-state index < -0.39 is 104 Å². The van der Waals surface area contributed by atoms with Crippen LogP contribution in [-0.4, -0.2) is 129 Å². The zero-order chi connectivity index (χ0) is 62.8. The number of nitrogens with one attached hydrogen (secondary N) is 1. The molecule has 0 aromatic carbocycles. The molecule has 0 amide bonds. The molecule has 1 aromatic heterocycles. The molecule has 1 aromatic rings. The van der Waals surface area contributed by atoms with Gasteiger partial charge in [-0.05, 0) is 108 Å². The number of aromatic nitrogens is 2. The Morgan fingerprint density at radius 1 is 0.635 bits per heavy atom. The van der Waals surface area contributed by atoms with Gasteiger partial charge < -0.3 is 44.2 Å². The Morgan fingerprint density at radius 2 is 1.16 bits per heavy atom. The predicted octanol–water partition coefficient (Wildman–Crippen LogP) is 8.09. The first-order chi connectivity index (χ1) is 40.1. The van der Waals surface area contributed by atoms with Crippen molar-refractivity contribution in [3.8, 4) is 0 Å². The summed E-state index contributed by atoms with van der Waals surface area (Å²) in [7, 11) is 8.01. The largest absolute Gasteiger partial charge is 0.469 e. The zero-order valence-corrected chi connectivity index (χ0v) is 52.5. The molecule has 0 unspecified atom stereocenters. The molecule has 1 fully saturated rings. The number of nitrogens with two attached hydrogens (primary N) is 1. The molecule has 3 N–H and O–H groups in total. The predicted molar refractivity (Wildman–Crippen MR) is 318 cm³/mol. The monoisotopic (exact) mass is 1190 g/mol. The number of unbranched alkanes of at least 4 members (excludes halogenated alkanes) is 3. The maximum Gasteiger partial charge on any atom is 0.349 e. The van der Waals surface area contributed by atoms with E-state index in [-0.39, 0.29) is 89.5 Å². The lowest BCUT2D eigenvalue weighted by atomic mass is 9.55. The van der Waals surface area contributed by atoms with Crippen molar-refractivity contribution < 1.29 is 66.7 Å². The molecule has 22 nitrogen and oxygen atoms in total. The van der Waals surface area contributed by atoms with Crippen LogP contribution in [0.15, 0.2) is 66.3 Å². The lowest BCUT2D eigenvalue weighted by Gasteiger charge is -2.49. The molecule has 5 aliphatic heterocycles. The molecular weight excluding hydrogens is 1090 g/mol. The number of carbonyl (C=O) groups excluding carboxylic acids is 7. The highest BCUT2D eigenvalue weighted by molar-refractivity contribution is 6.10. The Kier molecular flexibility index (Phi) is 22.1. The van der Waals surface area contributed by atoms with Crippen LogP contribution in [0, 0.1) is 45.3 Å². The zero-order valence-electron chi connectivity index (χ0n) is 52.5. The number of hydrogen-bond acceptors (Lipinski definition) is 21. The third-order valence-corrected chi connectivity index (χ3v) is 19.7. The molecule has 9 atom stereocenters. The SMILES string of the molecule is COC(=O)CC[C@@H]1/C2=C(\C)C3=N[C@H]([C@H](CCC(=O)OC)[C@@]3(C)CCC(=O)OC)[C@@]3(C)N=C(/C(C)=C4\N/C(=C\C(=N2)C1(C)C)[C@@H](CCC(=O)OC)[C@]4(C)CC(=O)OCCCCCCn1ccc(N)nc1=O)[C@@H](CCC(=O)OC)[C@]3(C)CCC(=O)OC. The molecule has 85 heavy (non-hydrogen) atoms. The normalized spacial score (nSPS) is 29.6. The number of allylic oxidation sites excluding steroid dienone is 6. The van der Waals surface area contributed by atoms with Crippen molar-refractivity contribution in [1.82, 2.24) is 14.9 Å². The van der Waals surface area contributed by atoms with Crippen LogP contribution in [0.4, 0.5) is 5.82 Å². The fourth-order valence-electron chi connectivity index (χ4n) is 14.3. The van der Waals surface area contributed by atoms with Gasteiger partial charge in [0, 0.05) is 125 Å². The topological polar surface area (TPSA) is 294 Å². The van der Waals surface area contributed by atoms with Crippen LogP contribution in [0.1, 0.15) is 165 Å². The standard InChI is InChI=1S/C63H91N7O15/c1-37-53-40(20-24-47(72)80-10)59(3,4)44(66-53)35-43-39(19-23-46(71)79-9)61(6,36-52(77)85-34-18-16-15-17-32-70-33-29-45(64)67-58(70)78)56(65-43)38(2)54-41(21-25-48(73)81-11)62(7,31-28-51(76)84-14)63(8,69-54)57-42(22-26-49(74)82-12)60(5,55(37)68-57)30-27-50(75)83-13/h29,33,35,39-42,57,65H,15-28,30-32,34,36H2,1-14H3,(H2,64,67,78)/b43-35-,53-37-,56-38-/t39-,40-,41-,42+,57-,60-,61+,62+,63-/m1/s1. The van der Waals surface area contributed by atoms with E-state index in [1.807, 2.05) is 33.8 Å². The van der Waals surface area contributed by atoms with Crippen molar-refractivity contribution in [2.75, 3.05) is 55.0 Å². The number of carbonyl (C=O) groups is 7. The first kappa shape index (κ1) is 67.1. The van der Waals surface area contributed by atoms with Gasteiger partial charge in [-0.2, -0.15) is 4.98 Å². The fourth-order valence-corrected chi connectivity index (χ4v) is 14.3. The Hall–Kier alpha value is -7.00. The van der Waals surface area contributed by atoms with Gasteiger partial charge in [-0.1, -0.05) is 41.0 Å². The molecule has 0 saturated carbocycles. The molecule has 6 heterocycles. The summed E-state index contributed by atoms with van der Waals surface area (Å²) in [6, 6.07) is 0.812. The molecule has 8 bridgehead atoms. The number of aryl methyl sites for hydroxylation is 1. The second kappa shape index (κ2) is 28.0. The van der Waals surface area contributed by atoms with Gasteiger partial charge in [0.2, 0.25) is 0 Å². The van der Waals surface area contributed by atoms with E-state index in [1.54, 1.807) is 12.3 Å². The van der Waals surface area contributed by atoms with Crippen molar-refractivity contribution in [1.29, 1.82) is 0 Å². The minimum atomic E-state index is -1.26. The summed E-state index contributed by atoms with van der Waals surface area (Å²) in [6.07, 6.45) is 7.66. The minimum absolute atomic E-state index is 0.00173. The summed E-state index contributed by atoms with van der Waals surface area (Å²) in [4.78, 5) is 128. The van der Waals surface area contributed by atoms with Gasteiger partial charge in [0.1, 0.15) is 5.82 Å². The van der Waals surface area contributed by atoms with Gasteiger partial charge in [-0.15, -0.1) is 0 Å². The van der Waals surface area contributed by atoms with E-state index in [4.69, 9.17) is 53.9 Å². The molecule has 1 saturated heterocycles. The van der Waals surface area contributed by atoms with Gasteiger partial charge in [-0.25, -0.2) is 4.79 Å². The first-order valence-electron chi connectivity index (χ1n) is 29.7. The summed E-state index contributed by atoms with van der Waals surface area (Å²) in [6.45, 7) is 16.8. The third-order valence-electron chi connectivity index (χ3n) is 19.7. The highest BCUT2D eigenvalue weighted by Gasteiger charge is 2.66. The number of aliphatic imine (C=N–C) groups is 3. The highest BCUT2D eigenvalue weighted by atomic mass is 16.5. The molecular formula is C63H91N7O15. The maximum atomic E-state index is 14.7. The van der Waals surface area contributed by atoms with Crippen LogP contribution in [0.5, 0.6) is 0 Å². The number of nitrogen functional groups attached to an aromatic ring is 1. The van der Waals surface area contributed by atoms with Crippen LogP contribution in [0.2, 0.25) is 0 Å². The average Bonchev–Trinajstić information content (AvgIpc) is 1.56. The van der Waals surface area contributed by atoms with Crippen LogP contribution in [0.3, 0.4) is 0 Å². The smallest absolute Gasteiger partial charge is 0.349 e. The lowest BCUT2D eigenvalue weighted by Crippen LogP contribution is -2.54. The molecule has 22 heteroatoms. The lowest BCUT2D eigenvalue weighted by molar-refractivity contribution is -0.146. The minimum Gasteiger partial charge on any atom is -0.469 e. The Balaban J connectivity index is 1.64. The molecule has 0 spiro atoms. The number of hydrogen-bond donors (Lipinski definition) is 2. The highest BCUT2D eigenvalue weighted by Crippen LogP contribution is 2.63. The average molecular weight is 1190 g/mol. The number of rotatable bonds is 27. The molecule has 0 aliphatic carbocycles. The fraction of sp³-hybridized carbons (Fsp3) is 0.683. The van der Waals surface area contributed by atoms with E-state index in [0.717, 1.165) is 12.8 Å². The van der Waals surface area contributed by atoms with Crippen LogP contribution >= 0.6 is 0 Å². The summed E-state index contributed by atoms with van der Waals surface area (Å²) < 4.78 is 39.1. The van der Waals surface area contributed by atoms with Gasteiger partial charge in [-0.3, -0.25) is 53.1 Å². The Labute approximate surface area is 499 Å². The van der Waals surface area contributed by atoms with Crippen LogP contribution in [-0.2, 0) is 73.3 Å². The van der Waals surface area contributed by atoms with E-state index >= 15 is 0 Å². The van der Waals surface area contributed by atoms with Crippen LogP contribution < -0.4 is 16.7 Å². The van der Waals surface area contributed by atoms with Crippen LogP contribution in [0.25, 0.3) is 0 Å².